The van der Waals surface area contributed by atoms with Gasteiger partial charge in [0.15, 0.2) is 5.82 Å². The first-order valence-electron chi connectivity index (χ1n) is 9.93. The fraction of sp³-hybridized carbons (Fsp3) is 0.304. The van der Waals surface area contributed by atoms with Crippen LogP contribution < -0.4 is 16.0 Å². The molecule has 29 heavy (non-hydrogen) atoms. The minimum absolute atomic E-state index is 0.209. The Kier molecular flexibility index (Phi) is 6.09. The Balaban J connectivity index is 1.79. The third-order valence-electron chi connectivity index (χ3n) is 5.58. The first-order chi connectivity index (χ1) is 14.2. The van der Waals surface area contributed by atoms with Crippen LogP contribution in [0.5, 0.6) is 5.75 Å². The third kappa shape index (κ3) is 4.42. The van der Waals surface area contributed by atoms with Gasteiger partial charge in [0.05, 0.1) is 18.3 Å². The highest BCUT2D eigenvalue weighted by atomic mass is 35.5. The molecule has 1 heterocycles. The molecule has 0 amide bonds. The number of hydrogen-bond acceptors (Lipinski definition) is 5. The monoisotopic (exact) mass is 408 g/mol. The summed E-state index contributed by atoms with van der Waals surface area (Å²) in [6.07, 6.45) is 8.41. The molecule has 5 nitrogen and oxygen atoms in total. The molecule has 6 heteroatoms. The number of rotatable bonds is 5. The number of ether oxygens (including phenoxy) is 1. The maximum Gasteiger partial charge on any atom is 0.152 e. The minimum atomic E-state index is 0.209. The van der Waals surface area contributed by atoms with Gasteiger partial charge in [-0.25, -0.2) is 9.97 Å². The van der Waals surface area contributed by atoms with Crippen LogP contribution in [-0.4, -0.2) is 23.1 Å². The van der Waals surface area contributed by atoms with Crippen LogP contribution in [0.1, 0.15) is 48.7 Å². The highest BCUT2D eigenvalue weighted by molar-refractivity contribution is 6.30. The van der Waals surface area contributed by atoms with E-state index in [1.807, 2.05) is 54.6 Å². The standard InChI is InChI=1S/C23H25ClN4O/c1-29-17-11-12-20-19(14-17)23(18-4-2-3-5-21(18)28-25)27-22(26-20)13-8-15-6-9-16(24)10-7-15/h6-14,18,21,28H,2-5,25H2,1H3/t18-,21+/m0/s1. The van der Waals surface area contributed by atoms with Crippen molar-refractivity contribution in [3.05, 3.63) is 64.6 Å². The Bertz CT molecular complexity index is 1020. The predicted molar refractivity (Wildman–Crippen MR) is 119 cm³/mol. The van der Waals surface area contributed by atoms with E-state index in [0.29, 0.717) is 5.82 Å². The molecule has 1 fully saturated rings. The van der Waals surface area contributed by atoms with Gasteiger partial charge in [0.25, 0.3) is 0 Å². The minimum Gasteiger partial charge on any atom is -0.497 e. The van der Waals surface area contributed by atoms with Gasteiger partial charge in [0.1, 0.15) is 5.75 Å². The van der Waals surface area contributed by atoms with Gasteiger partial charge < -0.3 is 4.74 Å². The van der Waals surface area contributed by atoms with Crippen molar-refractivity contribution in [2.75, 3.05) is 7.11 Å². The highest BCUT2D eigenvalue weighted by Gasteiger charge is 2.28. The van der Waals surface area contributed by atoms with Gasteiger partial charge in [0.2, 0.25) is 0 Å². The van der Waals surface area contributed by atoms with Crippen LogP contribution in [0.2, 0.25) is 5.02 Å². The summed E-state index contributed by atoms with van der Waals surface area (Å²) in [5, 5.41) is 1.75. The summed E-state index contributed by atoms with van der Waals surface area (Å²) < 4.78 is 5.44. The van der Waals surface area contributed by atoms with Crippen molar-refractivity contribution >= 4 is 34.7 Å². The normalized spacial score (nSPS) is 19.7. The number of hydrogen-bond donors (Lipinski definition) is 2. The lowest BCUT2D eigenvalue weighted by Crippen LogP contribution is -2.41. The number of nitrogens with two attached hydrogens (primary N) is 1. The Morgan fingerprint density at radius 1 is 1.07 bits per heavy atom. The number of hydrazine groups is 1. The maximum absolute atomic E-state index is 5.98. The van der Waals surface area contributed by atoms with E-state index in [9.17, 15) is 0 Å². The molecule has 4 rings (SSSR count). The number of nitrogens with one attached hydrogen (secondary N) is 1. The molecule has 0 aliphatic heterocycles. The van der Waals surface area contributed by atoms with Crippen molar-refractivity contribution < 1.29 is 4.74 Å². The molecule has 0 bridgehead atoms. The zero-order chi connectivity index (χ0) is 20.2. The molecule has 2 atom stereocenters. The fourth-order valence-electron chi connectivity index (χ4n) is 4.04. The number of benzene rings is 2. The molecule has 0 unspecified atom stereocenters. The highest BCUT2D eigenvalue weighted by Crippen LogP contribution is 2.36. The van der Waals surface area contributed by atoms with Crippen LogP contribution >= 0.6 is 11.6 Å². The van der Waals surface area contributed by atoms with Gasteiger partial charge in [-0.3, -0.25) is 11.3 Å². The molecule has 0 spiro atoms. The van der Waals surface area contributed by atoms with E-state index in [2.05, 4.69) is 5.43 Å². The molecular weight excluding hydrogens is 384 g/mol. The second-order valence-electron chi connectivity index (χ2n) is 7.40. The molecule has 2 aromatic carbocycles. The quantitative estimate of drug-likeness (QED) is 0.461. The molecule has 3 aromatic rings. The molecule has 1 aromatic heterocycles. The first kappa shape index (κ1) is 19.8. The average molecular weight is 409 g/mol. The van der Waals surface area contributed by atoms with Gasteiger partial charge in [-0.1, -0.05) is 42.7 Å². The Hall–Kier alpha value is -2.47. The lowest BCUT2D eigenvalue weighted by Gasteiger charge is -2.31. The molecule has 3 N–H and O–H groups in total. The van der Waals surface area contributed by atoms with Gasteiger partial charge in [-0.15, -0.1) is 0 Å². The van der Waals surface area contributed by atoms with E-state index in [4.69, 9.17) is 32.1 Å². The number of halogens is 1. The van der Waals surface area contributed by atoms with Gasteiger partial charge in [0, 0.05) is 22.4 Å². The molecule has 0 saturated heterocycles. The topological polar surface area (TPSA) is 73.1 Å². The summed E-state index contributed by atoms with van der Waals surface area (Å²) in [6.45, 7) is 0. The first-order valence-corrected chi connectivity index (χ1v) is 10.3. The van der Waals surface area contributed by atoms with Gasteiger partial charge in [-0.05, 0) is 54.8 Å². The predicted octanol–water partition coefficient (Wildman–Crippen LogP) is 4.95. The van der Waals surface area contributed by atoms with Crippen molar-refractivity contribution in [2.24, 2.45) is 5.84 Å². The maximum atomic E-state index is 5.98. The molecule has 1 aliphatic carbocycles. The van der Waals surface area contributed by atoms with E-state index in [1.54, 1.807) is 7.11 Å². The van der Waals surface area contributed by atoms with Gasteiger partial charge >= 0.3 is 0 Å². The summed E-state index contributed by atoms with van der Waals surface area (Å²) in [4.78, 5) is 9.71. The van der Waals surface area contributed by atoms with Crippen molar-refractivity contribution in [1.82, 2.24) is 15.4 Å². The van der Waals surface area contributed by atoms with Crippen LogP contribution in [-0.2, 0) is 0 Å². The van der Waals surface area contributed by atoms with E-state index in [0.717, 1.165) is 45.8 Å². The van der Waals surface area contributed by atoms with E-state index >= 15 is 0 Å². The zero-order valence-electron chi connectivity index (χ0n) is 16.4. The van der Waals surface area contributed by atoms with Crippen molar-refractivity contribution in [3.8, 4) is 5.75 Å². The summed E-state index contributed by atoms with van der Waals surface area (Å²) in [6, 6.07) is 13.9. The smallest absolute Gasteiger partial charge is 0.152 e. The summed E-state index contributed by atoms with van der Waals surface area (Å²) in [5.41, 5.74) is 6.00. The third-order valence-corrected chi connectivity index (χ3v) is 5.83. The number of fused-ring (bicyclic) bond motifs is 1. The Morgan fingerprint density at radius 3 is 2.62 bits per heavy atom. The second-order valence-corrected chi connectivity index (χ2v) is 7.84. The SMILES string of the molecule is COc1ccc2nc(C=Cc3ccc(Cl)cc3)nc([C@H]3CCCC[C@H]3NN)c2c1. The Labute approximate surface area is 175 Å². The lowest BCUT2D eigenvalue weighted by atomic mass is 9.81. The molecule has 1 saturated carbocycles. The number of aromatic nitrogens is 2. The van der Waals surface area contributed by atoms with Crippen LogP contribution in [0.15, 0.2) is 42.5 Å². The number of methoxy groups -OCH3 is 1. The van der Waals surface area contributed by atoms with Crippen LogP contribution in [0, 0.1) is 0 Å². The van der Waals surface area contributed by atoms with Crippen LogP contribution in [0.3, 0.4) is 0 Å². The molecule has 0 radical (unpaired) electrons. The lowest BCUT2D eigenvalue weighted by molar-refractivity contribution is 0.328. The van der Waals surface area contributed by atoms with Crippen LogP contribution in [0.4, 0.5) is 0 Å². The van der Waals surface area contributed by atoms with E-state index in [-0.39, 0.29) is 12.0 Å². The fourth-order valence-corrected chi connectivity index (χ4v) is 4.16. The van der Waals surface area contributed by atoms with Crippen LogP contribution in [0.25, 0.3) is 23.1 Å². The summed E-state index contributed by atoms with van der Waals surface area (Å²) in [5.74, 6) is 7.61. The average Bonchev–Trinajstić information content (AvgIpc) is 2.77. The molecular formula is C23H25ClN4O. The second kappa shape index (κ2) is 8.91. The molecule has 1 aliphatic rings. The zero-order valence-corrected chi connectivity index (χ0v) is 17.2. The van der Waals surface area contributed by atoms with E-state index < -0.39 is 0 Å². The van der Waals surface area contributed by atoms with Crippen molar-refractivity contribution in [2.45, 2.75) is 37.6 Å². The Morgan fingerprint density at radius 2 is 1.86 bits per heavy atom. The number of nitrogens with zero attached hydrogens (tertiary/aromatic N) is 2. The molecule has 150 valence electrons. The summed E-state index contributed by atoms with van der Waals surface area (Å²) in [7, 11) is 1.68. The van der Waals surface area contributed by atoms with E-state index in [1.165, 1.54) is 12.8 Å². The summed E-state index contributed by atoms with van der Waals surface area (Å²) >= 11 is 5.98. The van der Waals surface area contributed by atoms with Crippen molar-refractivity contribution in [1.29, 1.82) is 0 Å². The van der Waals surface area contributed by atoms with Crippen molar-refractivity contribution in [3.63, 3.8) is 0 Å². The van der Waals surface area contributed by atoms with Gasteiger partial charge in [-0.2, -0.15) is 0 Å². The largest absolute Gasteiger partial charge is 0.497 e.